The number of aliphatic carboxylic acids is 1. The fourth-order valence-corrected chi connectivity index (χ4v) is 1.69. The highest BCUT2D eigenvalue weighted by atomic mass is 79.9. The molecule has 1 aromatic rings. The average molecular weight is 289 g/mol. The van der Waals surface area contributed by atoms with Crippen molar-refractivity contribution in [2.24, 2.45) is 5.41 Å². The second kappa shape index (κ2) is 4.95. The van der Waals surface area contributed by atoms with Gasteiger partial charge in [-0.15, -0.1) is 0 Å². The number of halogens is 2. The Hall–Kier alpha value is -0.900. The van der Waals surface area contributed by atoms with Crippen LogP contribution in [0.2, 0.25) is 0 Å². The van der Waals surface area contributed by atoms with Gasteiger partial charge in [0.2, 0.25) is 0 Å². The Bertz CT molecular complexity index is 402. The smallest absolute Gasteiger partial charge is 0.309 e. The van der Waals surface area contributed by atoms with Crippen molar-refractivity contribution in [3.63, 3.8) is 0 Å². The van der Waals surface area contributed by atoms with Gasteiger partial charge in [0.05, 0.1) is 9.89 Å². The average Bonchev–Trinajstić information content (AvgIpc) is 2.20. The highest BCUT2D eigenvalue weighted by molar-refractivity contribution is 9.10. The van der Waals surface area contributed by atoms with Crippen LogP contribution < -0.4 is 0 Å². The molecular formula is C12H14BrFO2. The third-order valence-electron chi connectivity index (χ3n) is 2.60. The van der Waals surface area contributed by atoms with E-state index < -0.39 is 11.4 Å². The Morgan fingerprint density at radius 2 is 2.12 bits per heavy atom. The minimum atomic E-state index is -0.811. The van der Waals surface area contributed by atoms with Crippen molar-refractivity contribution in [1.82, 2.24) is 0 Å². The SMILES string of the molecule is CC(C)(CCc1ccc(F)c(Br)c1)C(=O)O. The molecular weight excluding hydrogens is 275 g/mol. The van der Waals surface area contributed by atoms with Gasteiger partial charge < -0.3 is 5.11 Å². The van der Waals surface area contributed by atoms with Crippen LogP contribution in [-0.2, 0) is 11.2 Å². The maximum Gasteiger partial charge on any atom is 0.309 e. The molecule has 0 aliphatic carbocycles. The van der Waals surface area contributed by atoms with E-state index in [-0.39, 0.29) is 5.82 Å². The molecule has 0 aliphatic rings. The minimum Gasteiger partial charge on any atom is -0.481 e. The van der Waals surface area contributed by atoms with Crippen LogP contribution in [0.25, 0.3) is 0 Å². The molecule has 4 heteroatoms. The van der Waals surface area contributed by atoms with E-state index in [9.17, 15) is 9.18 Å². The third-order valence-corrected chi connectivity index (χ3v) is 3.21. The molecule has 0 heterocycles. The van der Waals surface area contributed by atoms with Gasteiger partial charge in [0.1, 0.15) is 5.82 Å². The number of hydrogen-bond donors (Lipinski definition) is 1. The molecule has 0 amide bonds. The maximum atomic E-state index is 13.0. The van der Waals surface area contributed by atoms with Gasteiger partial charge in [-0.2, -0.15) is 0 Å². The highest BCUT2D eigenvalue weighted by Gasteiger charge is 2.26. The molecule has 0 saturated heterocycles. The summed E-state index contributed by atoms with van der Waals surface area (Å²) in [7, 11) is 0. The lowest BCUT2D eigenvalue weighted by atomic mass is 9.86. The zero-order valence-corrected chi connectivity index (χ0v) is 10.8. The quantitative estimate of drug-likeness (QED) is 0.919. The standard InChI is InChI=1S/C12H14BrFO2/c1-12(2,11(15)16)6-5-8-3-4-10(14)9(13)7-8/h3-4,7H,5-6H2,1-2H3,(H,15,16). The molecule has 16 heavy (non-hydrogen) atoms. The summed E-state index contributed by atoms with van der Waals surface area (Å²) < 4.78 is 13.4. The van der Waals surface area contributed by atoms with Crippen LogP contribution in [0.15, 0.2) is 22.7 Å². The molecule has 1 aromatic carbocycles. The van der Waals surface area contributed by atoms with E-state index in [0.717, 1.165) is 5.56 Å². The predicted molar refractivity (Wildman–Crippen MR) is 63.8 cm³/mol. The normalized spacial score (nSPS) is 11.5. The van der Waals surface area contributed by atoms with Crippen LogP contribution in [0.3, 0.4) is 0 Å². The molecule has 0 saturated carbocycles. The van der Waals surface area contributed by atoms with Gasteiger partial charge in [-0.1, -0.05) is 6.07 Å². The molecule has 0 aromatic heterocycles. The van der Waals surface area contributed by atoms with E-state index in [4.69, 9.17) is 5.11 Å². The Labute approximate surface area is 103 Å². The molecule has 0 radical (unpaired) electrons. The number of carboxylic acid groups (broad SMARTS) is 1. The lowest BCUT2D eigenvalue weighted by Crippen LogP contribution is -2.24. The molecule has 2 nitrogen and oxygen atoms in total. The molecule has 0 bridgehead atoms. The zero-order chi connectivity index (χ0) is 12.3. The first-order valence-electron chi connectivity index (χ1n) is 5.00. The predicted octanol–water partition coefficient (Wildman–Crippen LogP) is 3.63. The number of hydrogen-bond acceptors (Lipinski definition) is 1. The first-order chi connectivity index (χ1) is 7.33. The van der Waals surface area contributed by atoms with Gasteiger partial charge in [0.15, 0.2) is 0 Å². The van der Waals surface area contributed by atoms with Crippen LogP contribution in [0.5, 0.6) is 0 Å². The Balaban J connectivity index is 2.68. The number of carboxylic acids is 1. The minimum absolute atomic E-state index is 0.304. The van der Waals surface area contributed by atoms with E-state index in [1.807, 2.05) is 0 Å². The van der Waals surface area contributed by atoms with E-state index >= 15 is 0 Å². The van der Waals surface area contributed by atoms with Gasteiger partial charge >= 0.3 is 5.97 Å². The van der Waals surface area contributed by atoms with Gasteiger partial charge in [-0.05, 0) is 60.3 Å². The largest absolute Gasteiger partial charge is 0.481 e. The summed E-state index contributed by atoms with van der Waals surface area (Å²) in [5, 5.41) is 8.95. The van der Waals surface area contributed by atoms with E-state index in [1.165, 1.54) is 6.07 Å². The van der Waals surface area contributed by atoms with Crippen molar-refractivity contribution >= 4 is 21.9 Å². The molecule has 0 fully saturated rings. The molecule has 0 spiro atoms. The van der Waals surface area contributed by atoms with Crippen molar-refractivity contribution in [3.8, 4) is 0 Å². The molecule has 1 rings (SSSR count). The summed E-state index contributed by atoms with van der Waals surface area (Å²) in [6.45, 7) is 3.38. The molecule has 0 atom stereocenters. The van der Waals surface area contributed by atoms with Crippen molar-refractivity contribution in [3.05, 3.63) is 34.1 Å². The zero-order valence-electron chi connectivity index (χ0n) is 9.26. The number of carbonyl (C=O) groups is 1. The van der Waals surface area contributed by atoms with Crippen LogP contribution in [0.1, 0.15) is 25.8 Å². The summed E-state index contributed by atoms with van der Waals surface area (Å²) in [5.41, 5.74) is 0.184. The number of benzene rings is 1. The van der Waals surface area contributed by atoms with Crippen LogP contribution in [0.4, 0.5) is 4.39 Å². The first kappa shape index (κ1) is 13.2. The van der Waals surface area contributed by atoms with E-state index in [2.05, 4.69) is 15.9 Å². The topological polar surface area (TPSA) is 37.3 Å². The number of rotatable bonds is 4. The van der Waals surface area contributed by atoms with Gasteiger partial charge in [-0.25, -0.2) is 4.39 Å². The van der Waals surface area contributed by atoms with Crippen molar-refractivity contribution in [1.29, 1.82) is 0 Å². The first-order valence-corrected chi connectivity index (χ1v) is 5.79. The fraction of sp³-hybridized carbons (Fsp3) is 0.417. The maximum absolute atomic E-state index is 13.0. The lowest BCUT2D eigenvalue weighted by molar-refractivity contribution is -0.147. The highest BCUT2D eigenvalue weighted by Crippen LogP contribution is 2.24. The second-order valence-corrected chi connectivity index (χ2v) is 5.29. The van der Waals surface area contributed by atoms with Crippen molar-refractivity contribution in [2.45, 2.75) is 26.7 Å². The molecule has 1 N–H and O–H groups in total. The summed E-state index contributed by atoms with van der Waals surface area (Å²) in [5.74, 6) is -1.12. The number of aryl methyl sites for hydroxylation is 1. The molecule has 0 unspecified atom stereocenters. The van der Waals surface area contributed by atoms with Crippen LogP contribution in [0, 0.1) is 11.2 Å². The van der Waals surface area contributed by atoms with Crippen LogP contribution >= 0.6 is 15.9 Å². The Morgan fingerprint density at radius 1 is 1.50 bits per heavy atom. The Morgan fingerprint density at radius 3 is 2.62 bits per heavy atom. The molecule has 0 aliphatic heterocycles. The van der Waals surface area contributed by atoms with E-state index in [0.29, 0.717) is 17.3 Å². The Kier molecular flexibility index (Phi) is 4.08. The second-order valence-electron chi connectivity index (χ2n) is 4.44. The van der Waals surface area contributed by atoms with Crippen LogP contribution in [-0.4, -0.2) is 11.1 Å². The summed E-state index contributed by atoms with van der Waals surface area (Å²) in [4.78, 5) is 10.9. The third kappa shape index (κ3) is 3.30. The van der Waals surface area contributed by atoms with Gasteiger partial charge in [0.25, 0.3) is 0 Å². The summed E-state index contributed by atoms with van der Waals surface area (Å²) in [6, 6.07) is 4.75. The molecule has 88 valence electrons. The fourth-order valence-electron chi connectivity index (χ4n) is 1.26. The summed E-state index contributed by atoms with van der Waals surface area (Å²) >= 11 is 3.10. The lowest BCUT2D eigenvalue weighted by Gasteiger charge is -2.18. The van der Waals surface area contributed by atoms with Crippen molar-refractivity contribution < 1.29 is 14.3 Å². The van der Waals surface area contributed by atoms with Gasteiger partial charge in [-0.3, -0.25) is 4.79 Å². The summed E-state index contributed by atoms with van der Waals surface area (Å²) in [6.07, 6.45) is 1.15. The van der Waals surface area contributed by atoms with Crippen molar-refractivity contribution in [2.75, 3.05) is 0 Å². The monoisotopic (exact) mass is 288 g/mol. The van der Waals surface area contributed by atoms with E-state index in [1.54, 1.807) is 26.0 Å². The van der Waals surface area contributed by atoms with Gasteiger partial charge in [0, 0.05) is 0 Å².